The predicted molar refractivity (Wildman–Crippen MR) is 119 cm³/mol. The minimum atomic E-state index is -0.885. The average Bonchev–Trinajstić information content (AvgIpc) is 2.75. The highest BCUT2D eigenvalue weighted by molar-refractivity contribution is 7.99. The Bertz CT molecular complexity index is 832. The Morgan fingerprint density at radius 1 is 1.07 bits per heavy atom. The summed E-state index contributed by atoms with van der Waals surface area (Å²) in [4.78, 5) is 28.2. The number of carbonyl (C=O) groups is 2. The lowest BCUT2D eigenvalue weighted by Gasteiger charge is -2.28. The van der Waals surface area contributed by atoms with Crippen molar-refractivity contribution in [3.05, 3.63) is 54.1 Å². The second kappa shape index (κ2) is 10.3. The van der Waals surface area contributed by atoms with Gasteiger partial charge in [0.05, 0.1) is 5.56 Å². The van der Waals surface area contributed by atoms with Gasteiger partial charge in [0.15, 0.2) is 6.10 Å². The van der Waals surface area contributed by atoms with Gasteiger partial charge in [-0.25, -0.2) is 4.79 Å². The summed E-state index contributed by atoms with van der Waals surface area (Å²) in [7, 11) is 0. The Morgan fingerprint density at radius 2 is 1.76 bits per heavy atom. The molecule has 1 atom stereocenters. The van der Waals surface area contributed by atoms with Crippen LogP contribution in [0.5, 0.6) is 0 Å². The largest absolute Gasteiger partial charge is 0.449 e. The minimum Gasteiger partial charge on any atom is -0.449 e. The van der Waals surface area contributed by atoms with Crippen molar-refractivity contribution in [2.75, 3.05) is 29.1 Å². The molecule has 3 rings (SSSR count). The fourth-order valence-electron chi connectivity index (χ4n) is 3.35. The second-order valence-electron chi connectivity index (χ2n) is 7.06. The fraction of sp³-hybridized carbons (Fsp3) is 0.391. The molecule has 0 radical (unpaired) electrons. The van der Waals surface area contributed by atoms with Crippen molar-refractivity contribution in [2.45, 2.75) is 44.1 Å². The van der Waals surface area contributed by atoms with Crippen molar-refractivity contribution < 1.29 is 14.3 Å². The number of thioether (sulfide) groups is 1. The van der Waals surface area contributed by atoms with Crippen LogP contribution in [0.2, 0.25) is 0 Å². The first-order valence-electron chi connectivity index (χ1n) is 10.2. The van der Waals surface area contributed by atoms with Gasteiger partial charge in [-0.05, 0) is 68.3 Å². The van der Waals surface area contributed by atoms with Gasteiger partial charge in [-0.1, -0.05) is 19.1 Å². The van der Waals surface area contributed by atoms with Crippen LogP contribution in [0.4, 0.5) is 11.4 Å². The number of anilines is 2. The van der Waals surface area contributed by atoms with Crippen LogP contribution in [0.15, 0.2) is 53.4 Å². The van der Waals surface area contributed by atoms with Gasteiger partial charge in [0.1, 0.15) is 0 Å². The summed E-state index contributed by atoms with van der Waals surface area (Å²) >= 11 is 1.58. The smallest absolute Gasteiger partial charge is 0.340 e. The molecule has 5 nitrogen and oxygen atoms in total. The lowest BCUT2D eigenvalue weighted by molar-refractivity contribution is -0.123. The second-order valence-corrected chi connectivity index (χ2v) is 8.37. The standard InChI is InChI=1S/C23H28N2O3S/c1-3-29-21-10-6-5-9-20(21)23(27)28-17(2)22(26)24-18-11-13-19(14-12-18)25-15-7-4-8-16-25/h5-6,9-14,17H,3-4,7-8,15-16H2,1-2H3,(H,24,26). The number of hydrogen-bond acceptors (Lipinski definition) is 5. The molecule has 2 aromatic carbocycles. The maximum atomic E-state index is 12.5. The van der Waals surface area contributed by atoms with Gasteiger partial charge < -0.3 is 15.0 Å². The topological polar surface area (TPSA) is 58.6 Å². The van der Waals surface area contributed by atoms with Crippen molar-refractivity contribution in [3.63, 3.8) is 0 Å². The number of piperidine rings is 1. The van der Waals surface area contributed by atoms with Crippen molar-refractivity contribution in [1.29, 1.82) is 0 Å². The van der Waals surface area contributed by atoms with Crippen molar-refractivity contribution in [2.24, 2.45) is 0 Å². The van der Waals surface area contributed by atoms with Crippen LogP contribution in [0.1, 0.15) is 43.5 Å². The van der Waals surface area contributed by atoms with Gasteiger partial charge in [0.2, 0.25) is 0 Å². The summed E-state index contributed by atoms with van der Waals surface area (Å²) in [5.41, 5.74) is 2.36. The third kappa shape index (κ3) is 5.76. The molecule has 1 heterocycles. The summed E-state index contributed by atoms with van der Waals surface area (Å²) in [6.07, 6.45) is 2.86. The van der Waals surface area contributed by atoms with Gasteiger partial charge in [0.25, 0.3) is 5.91 Å². The molecule has 154 valence electrons. The molecule has 1 unspecified atom stereocenters. The van der Waals surface area contributed by atoms with Crippen LogP contribution in [-0.4, -0.2) is 36.8 Å². The summed E-state index contributed by atoms with van der Waals surface area (Å²) in [6, 6.07) is 15.1. The highest BCUT2D eigenvalue weighted by Gasteiger charge is 2.21. The highest BCUT2D eigenvalue weighted by Crippen LogP contribution is 2.24. The summed E-state index contributed by atoms with van der Waals surface area (Å²) in [6.45, 7) is 5.78. The van der Waals surface area contributed by atoms with Gasteiger partial charge in [0, 0.05) is 29.4 Å². The first kappa shape index (κ1) is 21.2. The van der Waals surface area contributed by atoms with E-state index in [1.807, 2.05) is 43.3 Å². The Labute approximate surface area is 176 Å². The molecule has 1 aliphatic rings. The number of benzene rings is 2. The maximum Gasteiger partial charge on any atom is 0.340 e. The monoisotopic (exact) mass is 412 g/mol. The minimum absolute atomic E-state index is 0.343. The number of rotatable bonds is 7. The van der Waals surface area contributed by atoms with Gasteiger partial charge in [-0.15, -0.1) is 11.8 Å². The molecule has 1 amide bonds. The quantitative estimate of drug-likeness (QED) is 0.514. The summed E-state index contributed by atoms with van der Waals surface area (Å²) in [5.74, 6) is 0.0302. The van der Waals surface area contributed by atoms with Crippen LogP contribution in [-0.2, 0) is 9.53 Å². The number of esters is 1. The first-order chi connectivity index (χ1) is 14.1. The van der Waals surface area contributed by atoms with Crippen LogP contribution >= 0.6 is 11.8 Å². The highest BCUT2D eigenvalue weighted by atomic mass is 32.2. The first-order valence-corrected chi connectivity index (χ1v) is 11.2. The molecule has 0 aliphatic carbocycles. The maximum absolute atomic E-state index is 12.5. The van der Waals surface area contributed by atoms with E-state index in [4.69, 9.17) is 4.74 Å². The molecule has 6 heteroatoms. The molecule has 0 spiro atoms. The molecule has 0 bridgehead atoms. The molecule has 2 aromatic rings. The molecule has 0 aromatic heterocycles. The van der Waals surface area contributed by atoms with E-state index < -0.39 is 12.1 Å². The molecule has 29 heavy (non-hydrogen) atoms. The van der Waals surface area contributed by atoms with E-state index in [0.29, 0.717) is 11.3 Å². The zero-order valence-corrected chi connectivity index (χ0v) is 17.8. The SMILES string of the molecule is CCSc1ccccc1C(=O)OC(C)C(=O)Nc1ccc(N2CCCCC2)cc1. The van der Waals surface area contributed by atoms with Crippen LogP contribution < -0.4 is 10.2 Å². The van der Waals surface area contributed by atoms with Crippen LogP contribution in [0.3, 0.4) is 0 Å². The van der Waals surface area contributed by atoms with Crippen LogP contribution in [0, 0.1) is 0 Å². The van der Waals surface area contributed by atoms with E-state index >= 15 is 0 Å². The number of hydrogen-bond donors (Lipinski definition) is 1. The number of ether oxygens (including phenoxy) is 1. The molecule has 1 saturated heterocycles. The molecule has 1 fully saturated rings. The van der Waals surface area contributed by atoms with Crippen molar-refractivity contribution in [3.8, 4) is 0 Å². The molecular formula is C23H28N2O3S. The number of nitrogens with zero attached hydrogens (tertiary/aromatic N) is 1. The summed E-state index contributed by atoms with van der Waals surface area (Å²) < 4.78 is 5.40. The third-order valence-electron chi connectivity index (χ3n) is 4.92. The zero-order chi connectivity index (χ0) is 20.6. The van der Waals surface area contributed by atoms with Crippen molar-refractivity contribution in [1.82, 2.24) is 0 Å². The Balaban J connectivity index is 1.57. The Hall–Kier alpha value is -2.47. The average molecular weight is 413 g/mol. The van der Waals surface area contributed by atoms with Gasteiger partial charge >= 0.3 is 5.97 Å². The van der Waals surface area contributed by atoms with E-state index in [0.717, 1.165) is 23.7 Å². The Morgan fingerprint density at radius 3 is 2.45 bits per heavy atom. The number of carbonyl (C=O) groups excluding carboxylic acids is 2. The third-order valence-corrected chi connectivity index (χ3v) is 5.87. The normalized spacial score (nSPS) is 14.9. The summed E-state index contributed by atoms with van der Waals surface area (Å²) in [5, 5.41) is 2.83. The predicted octanol–water partition coefficient (Wildman–Crippen LogP) is 4.97. The van der Waals surface area contributed by atoms with E-state index in [-0.39, 0.29) is 5.91 Å². The molecule has 1 aliphatic heterocycles. The zero-order valence-electron chi connectivity index (χ0n) is 17.0. The van der Waals surface area contributed by atoms with E-state index in [9.17, 15) is 9.59 Å². The van der Waals surface area contributed by atoms with E-state index in [1.165, 1.54) is 24.9 Å². The van der Waals surface area contributed by atoms with E-state index in [1.54, 1.807) is 30.8 Å². The molecule has 0 saturated carbocycles. The van der Waals surface area contributed by atoms with E-state index in [2.05, 4.69) is 10.2 Å². The van der Waals surface area contributed by atoms with Crippen molar-refractivity contribution >= 4 is 35.0 Å². The van der Waals surface area contributed by atoms with Gasteiger partial charge in [-0.3, -0.25) is 4.79 Å². The molecular weight excluding hydrogens is 384 g/mol. The van der Waals surface area contributed by atoms with Crippen LogP contribution in [0.25, 0.3) is 0 Å². The van der Waals surface area contributed by atoms with Gasteiger partial charge in [-0.2, -0.15) is 0 Å². The lowest BCUT2D eigenvalue weighted by atomic mass is 10.1. The lowest BCUT2D eigenvalue weighted by Crippen LogP contribution is -2.30. The Kier molecular flexibility index (Phi) is 7.58. The number of amides is 1. The molecule has 1 N–H and O–H groups in total. The fourth-order valence-corrected chi connectivity index (χ4v) is 4.14. The number of nitrogens with one attached hydrogen (secondary N) is 1.